The summed E-state index contributed by atoms with van der Waals surface area (Å²) in [7, 11) is -1.76. The third-order valence-electron chi connectivity index (χ3n) is 2.54. The molecule has 100 valence electrons. The molecule has 2 aromatic rings. The molecule has 0 saturated carbocycles. The molecule has 0 radical (unpaired) electrons. The fraction of sp³-hybridized carbons (Fsp3) is 0.400. The summed E-state index contributed by atoms with van der Waals surface area (Å²) in [6.45, 7) is 5.12. The molecule has 2 rings (SSSR count). The number of hydrogen-bond acceptors (Lipinski definition) is 6. The smallest absolute Gasteiger partial charge is 0.422 e. The van der Waals surface area contributed by atoms with Crippen molar-refractivity contribution in [2.45, 2.75) is 26.8 Å². The number of amides is 1. The molecule has 0 aliphatic rings. The summed E-state index contributed by atoms with van der Waals surface area (Å²) < 4.78 is 1.55. The molecule has 2 aromatic heterocycles. The van der Waals surface area contributed by atoms with E-state index in [1.165, 1.54) is 13.3 Å². The Kier molecular flexibility index (Phi) is 3.49. The van der Waals surface area contributed by atoms with Crippen molar-refractivity contribution in [3.8, 4) is 0 Å². The maximum Gasteiger partial charge on any atom is 0.510 e. The molecule has 0 bridgehead atoms. The Hall–Kier alpha value is -2.00. The molecule has 0 fully saturated rings. The van der Waals surface area contributed by atoms with Crippen molar-refractivity contribution in [3.05, 3.63) is 6.33 Å². The van der Waals surface area contributed by atoms with Crippen molar-refractivity contribution in [1.29, 1.82) is 0 Å². The first-order valence-electron chi connectivity index (χ1n) is 5.78. The number of carbonyl (C=O) groups is 1. The first kappa shape index (κ1) is 13.4. The first-order chi connectivity index (χ1) is 8.91. The van der Waals surface area contributed by atoms with Gasteiger partial charge in [0.15, 0.2) is 5.65 Å². The third kappa shape index (κ3) is 2.42. The quantitative estimate of drug-likeness (QED) is 0.615. The summed E-state index contributed by atoms with van der Waals surface area (Å²) in [4.78, 5) is 19.2. The molecule has 19 heavy (non-hydrogen) atoms. The van der Waals surface area contributed by atoms with Gasteiger partial charge in [-0.2, -0.15) is 5.10 Å². The Morgan fingerprint density at radius 3 is 2.63 bits per heavy atom. The van der Waals surface area contributed by atoms with Gasteiger partial charge in [-0.25, -0.2) is 14.6 Å². The topological polar surface area (TPSA) is 113 Å². The van der Waals surface area contributed by atoms with E-state index in [1.807, 2.05) is 13.8 Å². The minimum Gasteiger partial charge on any atom is -0.422 e. The summed E-state index contributed by atoms with van der Waals surface area (Å²) in [5, 5.41) is 25.8. The van der Waals surface area contributed by atoms with Crippen molar-refractivity contribution in [2.75, 3.05) is 5.32 Å². The predicted octanol–water partition coefficient (Wildman–Crippen LogP) is -0.955. The largest absolute Gasteiger partial charge is 0.510 e. The van der Waals surface area contributed by atoms with Crippen LogP contribution < -0.4 is 10.9 Å². The molecule has 0 aromatic carbocycles. The maximum absolute atomic E-state index is 11.2. The average molecular weight is 263 g/mol. The van der Waals surface area contributed by atoms with Crippen LogP contribution in [0.1, 0.15) is 26.8 Å². The standard InChI is InChI=1S/C10H14BN5O3/c1-5(2)16-10-7(8(15-16)11(18)19)9(12-4-13-10)14-6(3)17/h4-5,18-19H,1-3H3,(H,12,13,14,17). The molecule has 3 N–H and O–H groups in total. The van der Waals surface area contributed by atoms with Crippen molar-refractivity contribution in [3.63, 3.8) is 0 Å². The number of fused-ring (bicyclic) bond motifs is 1. The highest BCUT2D eigenvalue weighted by Gasteiger charge is 2.26. The summed E-state index contributed by atoms with van der Waals surface area (Å²) in [5.74, 6) is -0.0943. The van der Waals surface area contributed by atoms with E-state index < -0.39 is 7.12 Å². The van der Waals surface area contributed by atoms with Crippen LogP contribution in [0.15, 0.2) is 6.33 Å². The molecule has 1 amide bonds. The number of rotatable bonds is 3. The van der Waals surface area contributed by atoms with Crippen LogP contribution in [0.25, 0.3) is 11.0 Å². The zero-order chi connectivity index (χ0) is 14.2. The van der Waals surface area contributed by atoms with Crippen LogP contribution in [0.5, 0.6) is 0 Å². The zero-order valence-corrected chi connectivity index (χ0v) is 10.8. The zero-order valence-electron chi connectivity index (χ0n) is 10.8. The second-order valence-electron chi connectivity index (χ2n) is 4.40. The van der Waals surface area contributed by atoms with Gasteiger partial charge in [-0.15, -0.1) is 0 Å². The van der Waals surface area contributed by atoms with Crippen molar-refractivity contribution in [1.82, 2.24) is 19.7 Å². The van der Waals surface area contributed by atoms with E-state index in [1.54, 1.807) is 4.68 Å². The lowest BCUT2D eigenvalue weighted by atomic mass is 9.84. The first-order valence-corrected chi connectivity index (χ1v) is 5.78. The normalized spacial score (nSPS) is 11.1. The van der Waals surface area contributed by atoms with Crippen molar-refractivity contribution >= 4 is 35.5 Å². The van der Waals surface area contributed by atoms with Gasteiger partial charge in [0.25, 0.3) is 0 Å². The predicted molar refractivity (Wildman–Crippen MR) is 69.8 cm³/mol. The Labute approximate surface area is 109 Å². The van der Waals surface area contributed by atoms with Crippen LogP contribution in [0.2, 0.25) is 0 Å². The number of hydrogen-bond donors (Lipinski definition) is 3. The maximum atomic E-state index is 11.2. The molecule has 0 aliphatic carbocycles. The monoisotopic (exact) mass is 263 g/mol. The van der Waals surface area contributed by atoms with E-state index in [0.29, 0.717) is 11.0 Å². The third-order valence-corrected chi connectivity index (χ3v) is 2.54. The molecular formula is C10H14BN5O3. The van der Waals surface area contributed by atoms with Gasteiger partial charge in [0, 0.05) is 13.0 Å². The van der Waals surface area contributed by atoms with Gasteiger partial charge >= 0.3 is 7.12 Å². The molecule has 0 spiro atoms. The number of nitrogens with zero attached hydrogens (tertiary/aromatic N) is 4. The highest BCUT2D eigenvalue weighted by atomic mass is 16.4. The Morgan fingerprint density at radius 2 is 2.11 bits per heavy atom. The van der Waals surface area contributed by atoms with E-state index in [-0.39, 0.29) is 23.4 Å². The van der Waals surface area contributed by atoms with Gasteiger partial charge in [-0.1, -0.05) is 0 Å². The van der Waals surface area contributed by atoms with Crippen LogP contribution >= 0.6 is 0 Å². The summed E-state index contributed by atoms with van der Waals surface area (Å²) in [6.07, 6.45) is 1.29. The minimum absolute atomic E-state index is 0.0184. The number of carbonyl (C=O) groups excluding carboxylic acids is 1. The van der Waals surface area contributed by atoms with Crippen LogP contribution in [0.4, 0.5) is 5.82 Å². The molecule has 8 nitrogen and oxygen atoms in total. The number of anilines is 1. The Bertz CT molecular complexity index is 625. The second-order valence-corrected chi connectivity index (χ2v) is 4.40. The van der Waals surface area contributed by atoms with Gasteiger partial charge in [-0.3, -0.25) is 4.79 Å². The van der Waals surface area contributed by atoms with Crippen molar-refractivity contribution in [2.24, 2.45) is 0 Å². The summed E-state index contributed by atoms with van der Waals surface area (Å²) in [6, 6.07) is -0.0184. The summed E-state index contributed by atoms with van der Waals surface area (Å²) in [5.41, 5.74) is 0.463. The molecule has 0 atom stereocenters. The van der Waals surface area contributed by atoms with E-state index in [9.17, 15) is 14.8 Å². The van der Waals surface area contributed by atoms with Crippen LogP contribution in [0, 0.1) is 0 Å². The average Bonchev–Trinajstić information content (AvgIpc) is 2.68. The van der Waals surface area contributed by atoms with E-state index in [4.69, 9.17) is 0 Å². The Morgan fingerprint density at radius 1 is 1.42 bits per heavy atom. The van der Waals surface area contributed by atoms with Crippen LogP contribution in [0.3, 0.4) is 0 Å². The molecular weight excluding hydrogens is 249 g/mol. The van der Waals surface area contributed by atoms with Gasteiger partial charge in [0.05, 0.1) is 5.39 Å². The lowest BCUT2D eigenvalue weighted by Gasteiger charge is -2.06. The van der Waals surface area contributed by atoms with E-state index in [0.717, 1.165) is 0 Å². The van der Waals surface area contributed by atoms with Crippen LogP contribution in [-0.4, -0.2) is 42.8 Å². The van der Waals surface area contributed by atoms with Gasteiger partial charge in [0.1, 0.15) is 17.7 Å². The van der Waals surface area contributed by atoms with Gasteiger partial charge < -0.3 is 15.4 Å². The van der Waals surface area contributed by atoms with Gasteiger partial charge in [-0.05, 0) is 13.8 Å². The number of aromatic nitrogens is 4. The molecule has 0 unspecified atom stereocenters. The molecule has 2 heterocycles. The highest BCUT2D eigenvalue weighted by Crippen LogP contribution is 2.20. The summed E-state index contributed by atoms with van der Waals surface area (Å²) >= 11 is 0. The fourth-order valence-electron chi connectivity index (χ4n) is 1.80. The molecule has 9 heteroatoms. The highest BCUT2D eigenvalue weighted by molar-refractivity contribution is 6.61. The second kappa shape index (κ2) is 4.94. The molecule has 0 saturated heterocycles. The Balaban J connectivity index is 2.75. The minimum atomic E-state index is -1.76. The SMILES string of the molecule is CC(=O)Nc1ncnc2c1c(B(O)O)nn2C(C)C. The fourth-order valence-corrected chi connectivity index (χ4v) is 1.80. The van der Waals surface area contributed by atoms with E-state index >= 15 is 0 Å². The van der Waals surface area contributed by atoms with Crippen LogP contribution in [-0.2, 0) is 4.79 Å². The van der Waals surface area contributed by atoms with Gasteiger partial charge in [0.2, 0.25) is 5.91 Å². The molecule has 0 aliphatic heterocycles. The van der Waals surface area contributed by atoms with Crippen molar-refractivity contribution < 1.29 is 14.8 Å². The lowest BCUT2D eigenvalue weighted by molar-refractivity contribution is -0.114. The van der Waals surface area contributed by atoms with E-state index in [2.05, 4.69) is 20.4 Å². The lowest BCUT2D eigenvalue weighted by Crippen LogP contribution is -2.33. The number of nitrogens with one attached hydrogen (secondary N) is 1.